The number of halogens is 1. The van der Waals surface area contributed by atoms with E-state index in [2.05, 4.69) is 5.32 Å². The molecule has 23 heavy (non-hydrogen) atoms. The maximum atomic E-state index is 12.8. The highest BCUT2D eigenvalue weighted by Crippen LogP contribution is 2.11. The first-order chi connectivity index (χ1) is 10.9. The third-order valence-electron chi connectivity index (χ3n) is 3.38. The number of nitrogens with one attached hydrogen (secondary N) is 1. The molecule has 4 amide bonds. The summed E-state index contributed by atoms with van der Waals surface area (Å²) in [6, 6.07) is 5.21. The third-order valence-corrected chi connectivity index (χ3v) is 3.38. The van der Waals surface area contributed by atoms with Crippen LogP contribution in [0.15, 0.2) is 24.3 Å². The van der Waals surface area contributed by atoms with Crippen molar-refractivity contribution in [2.45, 2.75) is 12.8 Å². The molecule has 0 bridgehead atoms. The lowest BCUT2D eigenvalue weighted by molar-refractivity contribution is -0.145. The number of hydrogen-bond acceptors (Lipinski definition) is 4. The van der Waals surface area contributed by atoms with E-state index < -0.39 is 17.6 Å². The minimum absolute atomic E-state index is 0.112. The summed E-state index contributed by atoms with van der Waals surface area (Å²) in [4.78, 5) is 48.7. The van der Waals surface area contributed by atoms with Crippen molar-refractivity contribution in [2.75, 3.05) is 25.5 Å². The molecule has 122 valence electrons. The minimum Gasteiger partial charge on any atom is -0.335 e. The van der Waals surface area contributed by atoms with Crippen molar-refractivity contribution in [1.82, 2.24) is 9.80 Å². The normalized spacial score (nSPS) is 14.1. The van der Waals surface area contributed by atoms with Gasteiger partial charge in [0.2, 0.25) is 23.6 Å². The fourth-order valence-corrected chi connectivity index (χ4v) is 2.09. The summed E-state index contributed by atoms with van der Waals surface area (Å²) in [5.74, 6) is -2.16. The summed E-state index contributed by atoms with van der Waals surface area (Å²) < 4.78 is 12.8. The average molecular weight is 321 g/mol. The van der Waals surface area contributed by atoms with Gasteiger partial charge >= 0.3 is 0 Å². The van der Waals surface area contributed by atoms with Gasteiger partial charge in [-0.2, -0.15) is 0 Å². The molecule has 0 aliphatic carbocycles. The van der Waals surface area contributed by atoms with Gasteiger partial charge < -0.3 is 10.2 Å². The second-order valence-corrected chi connectivity index (χ2v) is 5.18. The van der Waals surface area contributed by atoms with Gasteiger partial charge in [0.25, 0.3) is 0 Å². The summed E-state index contributed by atoms with van der Waals surface area (Å²) in [5, 5.41) is 2.52. The Morgan fingerprint density at radius 3 is 2.30 bits per heavy atom. The Hall–Kier alpha value is -2.77. The van der Waals surface area contributed by atoms with Crippen molar-refractivity contribution in [3.63, 3.8) is 0 Å². The van der Waals surface area contributed by atoms with Crippen LogP contribution in [0.2, 0.25) is 0 Å². The molecule has 2 rings (SSSR count). The SMILES string of the molecule is CN(CC(=O)Nc1ccc(F)cc1)C(=O)CN1C(=O)CCC1=O. The molecule has 1 aliphatic heterocycles. The number of carbonyl (C=O) groups excluding carboxylic acids is 4. The molecule has 1 N–H and O–H groups in total. The molecule has 0 unspecified atom stereocenters. The van der Waals surface area contributed by atoms with Crippen molar-refractivity contribution < 1.29 is 23.6 Å². The van der Waals surface area contributed by atoms with Gasteiger partial charge in [-0.15, -0.1) is 0 Å². The highest BCUT2D eigenvalue weighted by atomic mass is 19.1. The van der Waals surface area contributed by atoms with Crippen LogP contribution in [-0.2, 0) is 19.2 Å². The number of hydrogen-bond donors (Lipinski definition) is 1. The number of rotatable bonds is 5. The predicted octanol–water partition coefficient (Wildman–Crippen LogP) is 0.372. The molecule has 0 saturated carbocycles. The summed E-state index contributed by atoms with van der Waals surface area (Å²) in [7, 11) is 1.40. The molecule has 1 aromatic rings. The van der Waals surface area contributed by atoms with Crippen molar-refractivity contribution in [1.29, 1.82) is 0 Å². The van der Waals surface area contributed by atoms with E-state index in [0.717, 1.165) is 9.80 Å². The van der Waals surface area contributed by atoms with E-state index in [9.17, 15) is 23.6 Å². The van der Waals surface area contributed by atoms with Crippen LogP contribution >= 0.6 is 0 Å². The summed E-state index contributed by atoms with van der Waals surface area (Å²) in [6.07, 6.45) is 0.224. The molecule has 0 spiro atoms. The number of carbonyl (C=O) groups is 4. The summed E-state index contributed by atoms with van der Waals surface area (Å²) in [6.45, 7) is -0.607. The van der Waals surface area contributed by atoms with E-state index in [-0.39, 0.29) is 37.7 Å². The predicted molar refractivity (Wildman–Crippen MR) is 78.6 cm³/mol. The fourth-order valence-electron chi connectivity index (χ4n) is 2.09. The van der Waals surface area contributed by atoms with Crippen LogP contribution in [0.5, 0.6) is 0 Å². The average Bonchev–Trinajstić information content (AvgIpc) is 2.81. The fraction of sp³-hybridized carbons (Fsp3) is 0.333. The number of anilines is 1. The summed E-state index contributed by atoms with van der Waals surface area (Å²) in [5.41, 5.74) is 0.405. The topological polar surface area (TPSA) is 86.8 Å². The Morgan fingerprint density at radius 1 is 1.17 bits per heavy atom. The van der Waals surface area contributed by atoms with Crippen LogP contribution in [0.25, 0.3) is 0 Å². The molecule has 1 saturated heterocycles. The van der Waals surface area contributed by atoms with Crippen molar-refractivity contribution >= 4 is 29.3 Å². The molecule has 1 aliphatic rings. The lowest BCUT2D eigenvalue weighted by Gasteiger charge is -2.20. The van der Waals surface area contributed by atoms with Gasteiger partial charge in [-0.05, 0) is 24.3 Å². The van der Waals surface area contributed by atoms with Crippen molar-refractivity contribution in [3.05, 3.63) is 30.1 Å². The molecule has 8 heteroatoms. The second-order valence-electron chi connectivity index (χ2n) is 5.18. The zero-order valence-electron chi connectivity index (χ0n) is 12.5. The Kier molecular flexibility index (Phi) is 5.05. The van der Waals surface area contributed by atoms with E-state index in [1.165, 1.54) is 31.3 Å². The zero-order chi connectivity index (χ0) is 17.0. The first-order valence-electron chi connectivity index (χ1n) is 6.99. The third kappa shape index (κ3) is 4.35. The number of nitrogens with zero attached hydrogens (tertiary/aromatic N) is 2. The smallest absolute Gasteiger partial charge is 0.243 e. The van der Waals surface area contributed by atoms with Gasteiger partial charge in [0, 0.05) is 25.6 Å². The van der Waals surface area contributed by atoms with Crippen LogP contribution in [-0.4, -0.2) is 53.6 Å². The van der Waals surface area contributed by atoms with E-state index in [1.807, 2.05) is 0 Å². The lowest BCUT2D eigenvalue weighted by Crippen LogP contribution is -2.43. The highest BCUT2D eigenvalue weighted by Gasteiger charge is 2.31. The number of imide groups is 1. The molecular weight excluding hydrogens is 305 g/mol. The van der Waals surface area contributed by atoms with Crippen LogP contribution in [0, 0.1) is 5.82 Å². The molecule has 0 radical (unpaired) electrons. The van der Waals surface area contributed by atoms with Gasteiger partial charge in [0.15, 0.2) is 0 Å². The largest absolute Gasteiger partial charge is 0.335 e. The molecule has 0 atom stereocenters. The Bertz CT molecular complexity index is 629. The number of likely N-dealkylation sites (tertiary alicyclic amines) is 1. The van der Waals surface area contributed by atoms with Crippen LogP contribution in [0.1, 0.15) is 12.8 Å². The quantitative estimate of drug-likeness (QED) is 0.794. The minimum atomic E-state index is -0.511. The first kappa shape index (κ1) is 16.6. The maximum Gasteiger partial charge on any atom is 0.243 e. The second kappa shape index (κ2) is 6.99. The molecular formula is C15H16FN3O4. The number of likely N-dealkylation sites (N-methyl/N-ethyl adjacent to an activating group) is 1. The Morgan fingerprint density at radius 2 is 1.74 bits per heavy atom. The Balaban J connectivity index is 1.85. The first-order valence-corrected chi connectivity index (χ1v) is 6.99. The van der Waals surface area contributed by atoms with E-state index in [0.29, 0.717) is 5.69 Å². The van der Waals surface area contributed by atoms with Crippen LogP contribution in [0.4, 0.5) is 10.1 Å². The van der Waals surface area contributed by atoms with Crippen molar-refractivity contribution in [3.8, 4) is 0 Å². The van der Waals surface area contributed by atoms with Crippen LogP contribution < -0.4 is 5.32 Å². The van der Waals surface area contributed by atoms with Gasteiger partial charge in [0.05, 0.1) is 6.54 Å². The molecule has 1 fully saturated rings. The lowest BCUT2D eigenvalue weighted by atomic mass is 10.3. The molecule has 1 heterocycles. The standard InChI is InChI=1S/C15H16FN3O4/c1-18(15(23)9-19-13(21)6-7-14(19)22)8-12(20)17-11-4-2-10(16)3-5-11/h2-5H,6-9H2,1H3,(H,17,20). The zero-order valence-corrected chi connectivity index (χ0v) is 12.5. The van der Waals surface area contributed by atoms with E-state index in [4.69, 9.17) is 0 Å². The summed E-state index contributed by atoms with van der Waals surface area (Å²) >= 11 is 0. The van der Waals surface area contributed by atoms with Gasteiger partial charge in [-0.1, -0.05) is 0 Å². The van der Waals surface area contributed by atoms with E-state index >= 15 is 0 Å². The van der Waals surface area contributed by atoms with Crippen LogP contribution in [0.3, 0.4) is 0 Å². The molecule has 7 nitrogen and oxygen atoms in total. The number of amides is 4. The van der Waals surface area contributed by atoms with Crippen molar-refractivity contribution in [2.24, 2.45) is 0 Å². The van der Waals surface area contributed by atoms with Gasteiger partial charge in [-0.25, -0.2) is 4.39 Å². The van der Waals surface area contributed by atoms with Gasteiger partial charge in [0.1, 0.15) is 12.4 Å². The Labute approximate surface area is 132 Å². The maximum absolute atomic E-state index is 12.8. The monoisotopic (exact) mass is 321 g/mol. The molecule has 1 aromatic carbocycles. The van der Waals surface area contributed by atoms with E-state index in [1.54, 1.807) is 0 Å². The number of benzene rings is 1. The highest BCUT2D eigenvalue weighted by molar-refractivity contribution is 6.04. The molecule has 0 aromatic heterocycles. The van der Waals surface area contributed by atoms with Gasteiger partial charge in [-0.3, -0.25) is 24.1 Å².